The second-order valence-electron chi connectivity index (χ2n) is 7.74. The van der Waals surface area contributed by atoms with E-state index in [-0.39, 0.29) is 24.3 Å². The summed E-state index contributed by atoms with van der Waals surface area (Å²) in [6, 6.07) is 13.9. The van der Waals surface area contributed by atoms with Crippen LogP contribution in [0.25, 0.3) is 11.1 Å². The number of benzene rings is 2. The van der Waals surface area contributed by atoms with Crippen molar-refractivity contribution in [2.75, 3.05) is 6.54 Å². The maximum absolute atomic E-state index is 13.1. The summed E-state index contributed by atoms with van der Waals surface area (Å²) in [6.45, 7) is 2.24. The Hall–Kier alpha value is -2.13. The molecular weight excluding hydrogens is 358 g/mol. The number of hydrogen-bond donors (Lipinski definition) is 0. The Morgan fingerprint density at radius 2 is 1.59 bits per heavy atom. The number of carbonyl (C=O) groups excluding carboxylic acids is 2. The molecule has 1 atom stereocenters. The first-order valence-corrected chi connectivity index (χ1v) is 10.1. The zero-order valence-corrected chi connectivity index (χ0v) is 16.3. The van der Waals surface area contributed by atoms with Crippen LogP contribution in [0.4, 0.5) is 0 Å². The summed E-state index contributed by atoms with van der Waals surface area (Å²) in [5.41, 5.74) is 3.87. The van der Waals surface area contributed by atoms with Gasteiger partial charge in [-0.3, -0.25) is 9.59 Å². The molecule has 27 heavy (non-hydrogen) atoms. The van der Waals surface area contributed by atoms with Crippen molar-refractivity contribution in [1.29, 1.82) is 0 Å². The Balaban J connectivity index is 1.66. The van der Waals surface area contributed by atoms with Gasteiger partial charge >= 0.3 is 0 Å². The summed E-state index contributed by atoms with van der Waals surface area (Å²) >= 11 is 5.99. The van der Waals surface area contributed by atoms with Gasteiger partial charge in [0.15, 0.2) is 5.78 Å². The minimum atomic E-state index is -0.654. The monoisotopic (exact) mass is 381 g/mol. The van der Waals surface area contributed by atoms with E-state index in [0.717, 1.165) is 47.9 Å². The van der Waals surface area contributed by atoms with Crippen LogP contribution >= 0.6 is 11.6 Å². The minimum absolute atomic E-state index is 0.0109. The fourth-order valence-corrected chi connectivity index (χ4v) is 4.55. The van der Waals surface area contributed by atoms with Gasteiger partial charge in [0, 0.05) is 11.1 Å². The number of hydrogen-bond acceptors (Lipinski definition) is 2. The predicted octanol–water partition coefficient (Wildman–Crippen LogP) is 5.14. The quantitative estimate of drug-likeness (QED) is 0.690. The number of nitrogens with zero attached hydrogens (tertiary/aromatic N) is 1. The van der Waals surface area contributed by atoms with E-state index in [1.54, 1.807) is 0 Å². The van der Waals surface area contributed by atoms with Crippen LogP contribution in [0.1, 0.15) is 49.1 Å². The largest absolute Gasteiger partial charge is 0.331 e. The zero-order valence-electron chi connectivity index (χ0n) is 15.6. The van der Waals surface area contributed by atoms with Gasteiger partial charge in [-0.05, 0) is 60.2 Å². The first kappa shape index (κ1) is 18.2. The molecule has 1 saturated carbocycles. The average Bonchev–Trinajstić information content (AvgIpc) is 2.98. The summed E-state index contributed by atoms with van der Waals surface area (Å²) in [5.74, 6) is -0.635. The molecule has 0 bridgehead atoms. The average molecular weight is 382 g/mol. The molecule has 1 amide bonds. The molecule has 1 unspecified atom stereocenters. The minimum Gasteiger partial charge on any atom is -0.331 e. The standard InChI is InChI=1S/C23H24ClNO2/c1-15-7-8-17(16-9-11-18(24)12-10-16)13-20(15)22-21(26)14-25(23(22)27)19-5-3-2-4-6-19/h7-13,19,22H,2-6,14H2,1H3. The number of aryl methyl sites for hydroxylation is 1. The van der Waals surface area contributed by atoms with Gasteiger partial charge in [-0.2, -0.15) is 0 Å². The summed E-state index contributed by atoms with van der Waals surface area (Å²) < 4.78 is 0. The number of rotatable bonds is 3. The lowest BCUT2D eigenvalue weighted by Gasteiger charge is -2.30. The lowest BCUT2D eigenvalue weighted by atomic mass is 9.89. The van der Waals surface area contributed by atoms with Gasteiger partial charge in [-0.1, -0.05) is 55.1 Å². The molecule has 1 aliphatic carbocycles. The highest BCUT2D eigenvalue weighted by molar-refractivity contribution is 6.30. The second kappa shape index (κ2) is 7.47. The summed E-state index contributed by atoms with van der Waals surface area (Å²) in [4.78, 5) is 27.8. The number of amides is 1. The van der Waals surface area contributed by atoms with Crippen molar-refractivity contribution in [3.05, 3.63) is 58.6 Å². The Morgan fingerprint density at radius 3 is 2.30 bits per heavy atom. The van der Waals surface area contributed by atoms with Gasteiger partial charge in [-0.15, -0.1) is 0 Å². The molecule has 2 aromatic rings. The van der Waals surface area contributed by atoms with E-state index in [1.165, 1.54) is 6.42 Å². The third kappa shape index (κ3) is 3.53. The molecule has 1 heterocycles. The van der Waals surface area contributed by atoms with Crippen LogP contribution in [0, 0.1) is 6.92 Å². The van der Waals surface area contributed by atoms with Crippen molar-refractivity contribution in [2.45, 2.75) is 51.0 Å². The third-order valence-electron chi connectivity index (χ3n) is 5.96. The van der Waals surface area contributed by atoms with Gasteiger partial charge in [-0.25, -0.2) is 0 Å². The number of likely N-dealkylation sites (tertiary alicyclic amines) is 1. The molecule has 2 aliphatic rings. The molecule has 140 valence electrons. The van der Waals surface area contributed by atoms with Gasteiger partial charge < -0.3 is 4.90 Å². The highest BCUT2D eigenvalue weighted by Gasteiger charge is 2.43. The molecule has 4 rings (SSSR count). The topological polar surface area (TPSA) is 37.4 Å². The zero-order chi connectivity index (χ0) is 19.0. The van der Waals surface area contributed by atoms with Gasteiger partial charge in [0.25, 0.3) is 0 Å². The smallest absolute Gasteiger partial charge is 0.238 e. The molecule has 0 radical (unpaired) electrons. The molecule has 2 fully saturated rings. The van der Waals surface area contributed by atoms with Crippen LogP contribution in [0.15, 0.2) is 42.5 Å². The van der Waals surface area contributed by atoms with E-state index in [0.29, 0.717) is 5.02 Å². The van der Waals surface area contributed by atoms with Crippen molar-refractivity contribution in [3.63, 3.8) is 0 Å². The Bertz CT molecular complexity index is 868. The summed E-state index contributed by atoms with van der Waals surface area (Å²) in [6.07, 6.45) is 5.58. The molecule has 4 heteroatoms. The van der Waals surface area contributed by atoms with E-state index < -0.39 is 5.92 Å². The maximum atomic E-state index is 13.1. The van der Waals surface area contributed by atoms with E-state index in [9.17, 15) is 9.59 Å². The Labute approximate surface area is 165 Å². The van der Waals surface area contributed by atoms with Crippen LogP contribution in [-0.2, 0) is 9.59 Å². The van der Waals surface area contributed by atoms with Crippen LogP contribution in [0.5, 0.6) is 0 Å². The molecule has 2 aromatic carbocycles. The molecule has 3 nitrogen and oxygen atoms in total. The third-order valence-corrected chi connectivity index (χ3v) is 6.21. The van der Waals surface area contributed by atoms with E-state index >= 15 is 0 Å². The normalized spacial score (nSPS) is 21.1. The molecule has 1 saturated heterocycles. The molecule has 0 N–H and O–H groups in total. The van der Waals surface area contributed by atoms with E-state index in [1.807, 2.05) is 54.3 Å². The predicted molar refractivity (Wildman–Crippen MR) is 108 cm³/mol. The van der Waals surface area contributed by atoms with Crippen molar-refractivity contribution in [3.8, 4) is 11.1 Å². The number of ketones is 1. The maximum Gasteiger partial charge on any atom is 0.238 e. The molecule has 1 aliphatic heterocycles. The Morgan fingerprint density at radius 1 is 0.926 bits per heavy atom. The van der Waals surface area contributed by atoms with Crippen molar-refractivity contribution in [2.24, 2.45) is 0 Å². The number of Topliss-reactive ketones (excluding diaryl/α,β-unsaturated/α-hetero) is 1. The lowest BCUT2D eigenvalue weighted by molar-refractivity contribution is -0.131. The van der Waals surface area contributed by atoms with Crippen molar-refractivity contribution >= 4 is 23.3 Å². The number of carbonyl (C=O) groups is 2. The van der Waals surface area contributed by atoms with Crippen LogP contribution in [0.2, 0.25) is 5.02 Å². The van der Waals surface area contributed by atoms with Crippen molar-refractivity contribution in [1.82, 2.24) is 4.90 Å². The van der Waals surface area contributed by atoms with Crippen molar-refractivity contribution < 1.29 is 9.59 Å². The van der Waals surface area contributed by atoms with Crippen LogP contribution in [-0.4, -0.2) is 29.2 Å². The SMILES string of the molecule is Cc1ccc(-c2ccc(Cl)cc2)cc1C1C(=O)CN(C2CCCCC2)C1=O. The highest BCUT2D eigenvalue weighted by atomic mass is 35.5. The summed E-state index contributed by atoms with van der Waals surface area (Å²) in [5, 5.41) is 0.690. The number of halogens is 1. The lowest BCUT2D eigenvalue weighted by Crippen LogP contribution is -2.38. The van der Waals surface area contributed by atoms with Gasteiger partial charge in [0.05, 0.1) is 6.54 Å². The van der Waals surface area contributed by atoms with Gasteiger partial charge in [0.2, 0.25) is 5.91 Å². The second-order valence-corrected chi connectivity index (χ2v) is 8.17. The molecule has 0 spiro atoms. The first-order valence-electron chi connectivity index (χ1n) is 9.74. The molecule has 0 aromatic heterocycles. The van der Waals surface area contributed by atoms with E-state index in [2.05, 4.69) is 0 Å². The fourth-order valence-electron chi connectivity index (χ4n) is 4.42. The van der Waals surface area contributed by atoms with E-state index in [4.69, 9.17) is 11.6 Å². The molecular formula is C23H24ClNO2. The summed E-state index contributed by atoms with van der Waals surface area (Å²) in [7, 11) is 0. The highest BCUT2D eigenvalue weighted by Crippen LogP contribution is 2.35. The first-order chi connectivity index (χ1) is 13.0. The fraction of sp³-hybridized carbons (Fsp3) is 0.391. The van der Waals surface area contributed by atoms with Gasteiger partial charge in [0.1, 0.15) is 5.92 Å². The van der Waals surface area contributed by atoms with Crippen LogP contribution in [0.3, 0.4) is 0 Å². The van der Waals surface area contributed by atoms with Crippen LogP contribution < -0.4 is 0 Å². The Kier molecular flexibility index (Phi) is 5.05.